The lowest BCUT2D eigenvalue weighted by Crippen LogP contribution is -2.03. The molecule has 1 nitrogen and oxygen atoms in total. The van der Waals surface area contributed by atoms with Gasteiger partial charge >= 0.3 is 0 Å². The Bertz CT molecular complexity index is 576. The van der Waals surface area contributed by atoms with Crippen LogP contribution in [0.25, 0.3) is 0 Å². The molecule has 0 N–H and O–H groups in total. The fourth-order valence-corrected chi connectivity index (χ4v) is 2.20. The molecule has 18 heavy (non-hydrogen) atoms. The Morgan fingerprint density at radius 2 is 1.83 bits per heavy atom. The molecule has 0 aliphatic carbocycles. The second kappa shape index (κ2) is 5.85. The maximum Gasteiger partial charge on any atom is 0.167 e. The van der Waals surface area contributed by atoms with Gasteiger partial charge in [-0.25, -0.2) is 0 Å². The van der Waals surface area contributed by atoms with E-state index in [-0.39, 0.29) is 5.78 Å². The second-order valence-corrected chi connectivity index (χ2v) is 5.84. The number of benzene rings is 2. The Kier molecular flexibility index (Phi) is 4.40. The summed E-state index contributed by atoms with van der Waals surface area (Å²) in [5.74, 6) is 0.0955. The largest absolute Gasteiger partial charge is 0.294 e. The number of hydrogen-bond donors (Lipinski definition) is 0. The molecule has 0 unspecified atom stereocenters. The third-order valence-electron chi connectivity index (χ3n) is 2.77. The van der Waals surface area contributed by atoms with Crippen LogP contribution in [-0.2, 0) is 6.42 Å². The summed E-state index contributed by atoms with van der Waals surface area (Å²) >= 11 is 8.28. The Morgan fingerprint density at radius 3 is 2.44 bits per heavy atom. The maximum atomic E-state index is 12.1. The molecule has 2 aromatic carbocycles. The van der Waals surface area contributed by atoms with Crippen molar-refractivity contribution in [3.8, 4) is 0 Å². The average molecular weight is 371 g/mol. The van der Waals surface area contributed by atoms with Crippen molar-refractivity contribution in [3.63, 3.8) is 0 Å². The topological polar surface area (TPSA) is 17.1 Å². The van der Waals surface area contributed by atoms with Crippen LogP contribution in [0.2, 0.25) is 5.02 Å². The van der Waals surface area contributed by atoms with Crippen molar-refractivity contribution < 1.29 is 4.79 Å². The molecule has 2 aromatic rings. The summed E-state index contributed by atoms with van der Waals surface area (Å²) in [6.07, 6.45) is 0.413. The molecule has 0 atom stereocenters. The first-order chi connectivity index (χ1) is 8.56. The molecule has 0 aliphatic rings. The van der Waals surface area contributed by atoms with Crippen LogP contribution in [-0.4, -0.2) is 5.78 Å². The van der Waals surface area contributed by atoms with E-state index in [1.54, 1.807) is 6.07 Å². The number of halogens is 2. The molecular formula is C15H12ClIO. The molecule has 0 bridgehead atoms. The zero-order valence-electron chi connectivity index (χ0n) is 9.91. The van der Waals surface area contributed by atoms with Crippen LogP contribution in [0.4, 0.5) is 0 Å². The first kappa shape index (κ1) is 13.6. The SMILES string of the molecule is Cc1ccc(C(=O)Cc2ccc(I)cc2)cc1Cl. The Morgan fingerprint density at radius 1 is 1.17 bits per heavy atom. The van der Waals surface area contributed by atoms with Crippen molar-refractivity contribution >= 4 is 40.0 Å². The fourth-order valence-electron chi connectivity index (χ4n) is 1.66. The van der Waals surface area contributed by atoms with Gasteiger partial charge in [-0.15, -0.1) is 0 Å². The Hall–Kier alpha value is -0.870. The van der Waals surface area contributed by atoms with Crippen molar-refractivity contribution in [2.45, 2.75) is 13.3 Å². The molecule has 0 aromatic heterocycles. The van der Waals surface area contributed by atoms with E-state index in [0.717, 1.165) is 11.1 Å². The van der Waals surface area contributed by atoms with Gasteiger partial charge in [-0.1, -0.05) is 35.9 Å². The first-order valence-electron chi connectivity index (χ1n) is 5.60. The number of carbonyl (C=O) groups is 1. The zero-order chi connectivity index (χ0) is 13.1. The third kappa shape index (κ3) is 3.33. The van der Waals surface area contributed by atoms with Crippen LogP contribution in [0.1, 0.15) is 21.5 Å². The van der Waals surface area contributed by atoms with Crippen molar-refractivity contribution in [2.75, 3.05) is 0 Å². The number of carbonyl (C=O) groups excluding carboxylic acids is 1. The van der Waals surface area contributed by atoms with Gasteiger partial charge in [0.15, 0.2) is 5.78 Å². The van der Waals surface area contributed by atoms with Gasteiger partial charge in [0, 0.05) is 20.6 Å². The highest BCUT2D eigenvalue weighted by Crippen LogP contribution is 2.18. The van der Waals surface area contributed by atoms with Gasteiger partial charge in [-0.2, -0.15) is 0 Å². The highest BCUT2D eigenvalue weighted by atomic mass is 127. The third-order valence-corrected chi connectivity index (χ3v) is 3.90. The molecule has 0 saturated heterocycles. The van der Waals surface area contributed by atoms with Gasteiger partial charge in [0.05, 0.1) is 0 Å². The number of ketones is 1. The first-order valence-corrected chi connectivity index (χ1v) is 7.06. The predicted octanol–water partition coefficient (Wildman–Crippen LogP) is 4.68. The lowest BCUT2D eigenvalue weighted by atomic mass is 10.0. The molecule has 0 amide bonds. The Labute approximate surface area is 125 Å². The van der Waals surface area contributed by atoms with Crippen molar-refractivity contribution in [3.05, 3.63) is 67.7 Å². The van der Waals surface area contributed by atoms with Crippen LogP contribution < -0.4 is 0 Å². The molecule has 0 radical (unpaired) electrons. The minimum Gasteiger partial charge on any atom is -0.294 e. The van der Waals surface area contributed by atoms with Gasteiger partial charge in [0.2, 0.25) is 0 Å². The molecule has 92 valence electrons. The summed E-state index contributed by atoms with van der Waals surface area (Å²) in [7, 11) is 0. The summed E-state index contributed by atoms with van der Waals surface area (Å²) in [5, 5.41) is 0.642. The molecule has 3 heteroatoms. The van der Waals surface area contributed by atoms with Crippen LogP contribution in [0.3, 0.4) is 0 Å². The zero-order valence-corrected chi connectivity index (χ0v) is 12.8. The van der Waals surface area contributed by atoms with E-state index < -0.39 is 0 Å². The van der Waals surface area contributed by atoms with E-state index in [1.807, 2.05) is 43.3 Å². The molecule has 0 aliphatic heterocycles. The van der Waals surface area contributed by atoms with E-state index in [2.05, 4.69) is 22.6 Å². The smallest absolute Gasteiger partial charge is 0.167 e. The quantitative estimate of drug-likeness (QED) is 0.566. The summed E-state index contributed by atoms with van der Waals surface area (Å²) in [4.78, 5) is 12.1. The van der Waals surface area contributed by atoms with E-state index in [4.69, 9.17) is 11.6 Å². The number of Topliss-reactive ketones (excluding diaryl/α,β-unsaturated/α-hetero) is 1. The van der Waals surface area contributed by atoms with E-state index in [9.17, 15) is 4.79 Å². The van der Waals surface area contributed by atoms with Crippen molar-refractivity contribution in [1.29, 1.82) is 0 Å². The summed E-state index contributed by atoms with van der Waals surface area (Å²) < 4.78 is 1.17. The lowest BCUT2D eigenvalue weighted by Gasteiger charge is -2.04. The number of aryl methyl sites for hydroxylation is 1. The predicted molar refractivity (Wildman–Crippen MR) is 83.4 cm³/mol. The van der Waals surface area contributed by atoms with Crippen molar-refractivity contribution in [1.82, 2.24) is 0 Å². The van der Waals surface area contributed by atoms with Gasteiger partial charge in [-0.3, -0.25) is 4.79 Å². The standard InChI is InChI=1S/C15H12ClIO/c1-10-2-5-12(9-14(10)16)15(18)8-11-3-6-13(17)7-4-11/h2-7,9H,8H2,1H3. The highest BCUT2D eigenvalue weighted by molar-refractivity contribution is 14.1. The highest BCUT2D eigenvalue weighted by Gasteiger charge is 2.08. The van der Waals surface area contributed by atoms with Crippen molar-refractivity contribution in [2.24, 2.45) is 0 Å². The van der Waals surface area contributed by atoms with Crippen LogP contribution in [0, 0.1) is 10.5 Å². The second-order valence-electron chi connectivity index (χ2n) is 4.19. The molecule has 0 spiro atoms. The molecule has 0 fully saturated rings. The minimum atomic E-state index is 0.0955. The van der Waals surface area contributed by atoms with E-state index >= 15 is 0 Å². The fraction of sp³-hybridized carbons (Fsp3) is 0.133. The summed E-state index contributed by atoms with van der Waals surface area (Å²) in [5.41, 5.74) is 2.68. The Balaban J connectivity index is 2.16. The van der Waals surface area contributed by atoms with E-state index in [1.165, 1.54) is 3.57 Å². The lowest BCUT2D eigenvalue weighted by molar-refractivity contribution is 0.0993. The normalized spacial score (nSPS) is 10.4. The molecule has 0 saturated carbocycles. The summed E-state index contributed by atoms with van der Waals surface area (Å²) in [6.45, 7) is 1.93. The van der Waals surface area contributed by atoms with Crippen LogP contribution in [0.15, 0.2) is 42.5 Å². The number of hydrogen-bond acceptors (Lipinski definition) is 1. The average Bonchev–Trinajstić information content (AvgIpc) is 2.35. The maximum absolute atomic E-state index is 12.1. The van der Waals surface area contributed by atoms with Gasteiger partial charge in [-0.05, 0) is 58.8 Å². The van der Waals surface area contributed by atoms with Gasteiger partial charge in [0.1, 0.15) is 0 Å². The number of rotatable bonds is 3. The van der Waals surface area contributed by atoms with Crippen LogP contribution >= 0.6 is 34.2 Å². The van der Waals surface area contributed by atoms with Gasteiger partial charge in [0.25, 0.3) is 0 Å². The summed E-state index contributed by atoms with van der Waals surface area (Å²) in [6, 6.07) is 13.4. The molecular weight excluding hydrogens is 359 g/mol. The molecule has 2 rings (SSSR count). The van der Waals surface area contributed by atoms with Gasteiger partial charge < -0.3 is 0 Å². The van der Waals surface area contributed by atoms with Crippen LogP contribution in [0.5, 0.6) is 0 Å². The molecule has 0 heterocycles. The monoisotopic (exact) mass is 370 g/mol. The minimum absolute atomic E-state index is 0.0955. The van der Waals surface area contributed by atoms with E-state index in [0.29, 0.717) is 17.0 Å².